The number of unbranched alkanes of at least 4 members (excludes halogenated alkanes) is 5. The number of carboxylic acids is 1. The maximum atomic E-state index is 10.4. The summed E-state index contributed by atoms with van der Waals surface area (Å²) in [7, 11) is 0. The van der Waals surface area contributed by atoms with E-state index in [1.165, 1.54) is 70.9 Å². The molecule has 1 unspecified atom stereocenters. The largest absolute Gasteiger partial charge is 0.481 e. The van der Waals surface area contributed by atoms with Gasteiger partial charge >= 0.3 is 5.97 Å². The summed E-state index contributed by atoms with van der Waals surface area (Å²) >= 11 is 0. The second-order valence-corrected chi connectivity index (χ2v) is 6.07. The molecule has 120 valence electrons. The van der Waals surface area contributed by atoms with E-state index in [1.807, 2.05) is 6.92 Å². The molecule has 1 atom stereocenters. The molecule has 0 radical (unpaired) electrons. The predicted molar refractivity (Wildman–Crippen MR) is 86.1 cm³/mol. The highest BCUT2D eigenvalue weighted by molar-refractivity contribution is 5.66. The van der Waals surface area contributed by atoms with Gasteiger partial charge in [0.25, 0.3) is 0 Å². The zero-order valence-electron chi connectivity index (χ0n) is 13.6. The zero-order chi connectivity index (χ0) is 15.1. The molecule has 1 aliphatic rings. The summed E-state index contributed by atoms with van der Waals surface area (Å²) in [6.07, 6.45) is 13.3. The number of aliphatic carboxylic acids is 1. The maximum Gasteiger partial charge on any atom is 0.303 e. The van der Waals surface area contributed by atoms with E-state index >= 15 is 0 Å². The fourth-order valence-corrected chi connectivity index (χ4v) is 2.48. The van der Waals surface area contributed by atoms with E-state index < -0.39 is 5.97 Å². The molecule has 0 aliphatic carbocycles. The average Bonchev–Trinajstić information content (AvgIpc) is 2.44. The van der Waals surface area contributed by atoms with Crippen LogP contribution in [0.3, 0.4) is 0 Å². The van der Waals surface area contributed by atoms with Crippen molar-refractivity contribution in [3.05, 3.63) is 0 Å². The van der Waals surface area contributed by atoms with Crippen molar-refractivity contribution >= 4 is 5.97 Å². The van der Waals surface area contributed by atoms with E-state index in [-0.39, 0.29) is 0 Å². The summed E-state index contributed by atoms with van der Waals surface area (Å²) in [5, 5.41) is 11.8. The highest BCUT2D eigenvalue weighted by Crippen LogP contribution is 2.14. The smallest absolute Gasteiger partial charge is 0.303 e. The van der Waals surface area contributed by atoms with Crippen LogP contribution in [-0.2, 0) is 4.79 Å². The quantitative estimate of drug-likeness (QED) is 0.608. The van der Waals surface area contributed by atoms with Gasteiger partial charge < -0.3 is 10.4 Å². The molecule has 1 saturated heterocycles. The van der Waals surface area contributed by atoms with Gasteiger partial charge in [-0.25, -0.2) is 0 Å². The van der Waals surface area contributed by atoms with Gasteiger partial charge in [0, 0.05) is 6.42 Å². The molecule has 0 aromatic carbocycles. The van der Waals surface area contributed by atoms with Crippen molar-refractivity contribution in [1.29, 1.82) is 0 Å². The monoisotopic (exact) mass is 285 g/mol. The molecule has 1 rings (SSSR count). The fraction of sp³-hybridized carbons (Fsp3) is 0.941. The van der Waals surface area contributed by atoms with E-state index in [0.29, 0.717) is 12.3 Å². The van der Waals surface area contributed by atoms with Crippen LogP contribution in [0.4, 0.5) is 0 Å². The molecule has 0 aromatic rings. The fourth-order valence-electron chi connectivity index (χ4n) is 2.48. The van der Waals surface area contributed by atoms with Crippen LogP contribution in [0.1, 0.15) is 84.5 Å². The highest BCUT2D eigenvalue weighted by Gasteiger charge is 2.06. The molecule has 0 bridgehead atoms. The van der Waals surface area contributed by atoms with Crippen molar-refractivity contribution in [2.24, 2.45) is 5.92 Å². The average molecular weight is 285 g/mol. The van der Waals surface area contributed by atoms with Crippen molar-refractivity contribution in [3.8, 4) is 0 Å². The van der Waals surface area contributed by atoms with Crippen LogP contribution in [-0.4, -0.2) is 24.2 Å². The molecule has 0 amide bonds. The van der Waals surface area contributed by atoms with Gasteiger partial charge in [-0.2, -0.15) is 0 Å². The van der Waals surface area contributed by atoms with Gasteiger partial charge in [-0.05, 0) is 31.8 Å². The number of hydrogen-bond acceptors (Lipinski definition) is 2. The summed E-state index contributed by atoms with van der Waals surface area (Å²) in [5.74, 6) is -0.317. The lowest BCUT2D eigenvalue weighted by atomic mass is 9.99. The summed E-state index contributed by atoms with van der Waals surface area (Å²) < 4.78 is 0. The number of carbonyl (C=O) groups is 1. The topological polar surface area (TPSA) is 49.3 Å². The van der Waals surface area contributed by atoms with Gasteiger partial charge in [0.15, 0.2) is 0 Å². The van der Waals surface area contributed by atoms with Crippen LogP contribution < -0.4 is 5.32 Å². The second-order valence-electron chi connectivity index (χ2n) is 6.07. The lowest BCUT2D eigenvalue weighted by molar-refractivity contribution is -0.138. The van der Waals surface area contributed by atoms with Crippen LogP contribution in [0, 0.1) is 5.92 Å². The lowest BCUT2D eigenvalue weighted by Crippen LogP contribution is -2.21. The molecule has 1 aliphatic heterocycles. The van der Waals surface area contributed by atoms with E-state index in [0.717, 1.165) is 6.42 Å². The number of nitrogens with one attached hydrogen (secondary N) is 1. The molecule has 3 heteroatoms. The van der Waals surface area contributed by atoms with Crippen LogP contribution in [0.5, 0.6) is 0 Å². The van der Waals surface area contributed by atoms with Gasteiger partial charge in [-0.1, -0.05) is 65.2 Å². The zero-order valence-corrected chi connectivity index (χ0v) is 13.6. The molecule has 1 heterocycles. The minimum Gasteiger partial charge on any atom is -0.481 e. The normalized spacial score (nSPS) is 16.1. The minimum atomic E-state index is -0.663. The number of rotatable bonds is 9. The molecule has 0 saturated carbocycles. The Morgan fingerprint density at radius 3 is 2.10 bits per heavy atom. The van der Waals surface area contributed by atoms with E-state index in [2.05, 4.69) is 12.2 Å². The molecule has 0 aromatic heterocycles. The number of hydrogen-bond donors (Lipinski definition) is 2. The van der Waals surface area contributed by atoms with Crippen LogP contribution >= 0.6 is 0 Å². The van der Waals surface area contributed by atoms with E-state index in [4.69, 9.17) is 5.11 Å². The van der Waals surface area contributed by atoms with Crippen molar-refractivity contribution < 1.29 is 9.90 Å². The van der Waals surface area contributed by atoms with E-state index in [9.17, 15) is 4.79 Å². The first-order valence-electron chi connectivity index (χ1n) is 8.59. The first kappa shape index (κ1) is 19.4. The van der Waals surface area contributed by atoms with Gasteiger partial charge in [0.2, 0.25) is 0 Å². The molecular weight excluding hydrogens is 250 g/mol. The highest BCUT2D eigenvalue weighted by atomic mass is 16.4. The van der Waals surface area contributed by atoms with Gasteiger partial charge in [0.05, 0.1) is 0 Å². The molecule has 20 heavy (non-hydrogen) atoms. The van der Waals surface area contributed by atoms with Crippen molar-refractivity contribution in [2.45, 2.75) is 84.5 Å². The van der Waals surface area contributed by atoms with Crippen LogP contribution in [0.15, 0.2) is 0 Å². The number of carboxylic acid groups (broad SMARTS) is 1. The van der Waals surface area contributed by atoms with Crippen molar-refractivity contribution in [2.75, 3.05) is 13.1 Å². The van der Waals surface area contributed by atoms with Gasteiger partial charge in [-0.3, -0.25) is 4.79 Å². The molecule has 0 spiro atoms. The molecule has 2 N–H and O–H groups in total. The molecule has 1 fully saturated rings. The SMILES string of the molecule is C1CCNCC1.CCCCCCCCC(C)CC(=O)O. The van der Waals surface area contributed by atoms with E-state index in [1.54, 1.807) is 0 Å². The summed E-state index contributed by atoms with van der Waals surface area (Å²) in [5.41, 5.74) is 0. The third-order valence-corrected chi connectivity index (χ3v) is 3.78. The van der Waals surface area contributed by atoms with Crippen LogP contribution in [0.2, 0.25) is 0 Å². The Bertz CT molecular complexity index is 204. The summed E-state index contributed by atoms with van der Waals surface area (Å²) in [6, 6.07) is 0. The summed E-state index contributed by atoms with van der Waals surface area (Å²) in [4.78, 5) is 10.4. The third kappa shape index (κ3) is 15.5. The summed E-state index contributed by atoms with van der Waals surface area (Å²) in [6.45, 7) is 6.75. The van der Waals surface area contributed by atoms with Crippen molar-refractivity contribution in [1.82, 2.24) is 5.32 Å². The molecular formula is C17H35NO2. The Hall–Kier alpha value is -0.570. The van der Waals surface area contributed by atoms with Crippen molar-refractivity contribution in [3.63, 3.8) is 0 Å². The van der Waals surface area contributed by atoms with Crippen LogP contribution in [0.25, 0.3) is 0 Å². The predicted octanol–water partition coefficient (Wildman–Crippen LogP) is 4.61. The number of piperidine rings is 1. The first-order chi connectivity index (χ1) is 9.66. The Morgan fingerprint density at radius 2 is 1.65 bits per heavy atom. The third-order valence-electron chi connectivity index (χ3n) is 3.78. The minimum absolute atomic E-state index is 0.328. The van der Waals surface area contributed by atoms with Gasteiger partial charge in [0.1, 0.15) is 0 Å². The van der Waals surface area contributed by atoms with Gasteiger partial charge in [-0.15, -0.1) is 0 Å². The standard InChI is InChI=1S/C12H24O2.C5H11N/c1-3-4-5-6-7-8-9-11(2)10-12(13)14;1-2-4-6-5-3-1/h11H,3-10H2,1-2H3,(H,13,14);6H,1-5H2. The lowest BCUT2D eigenvalue weighted by Gasteiger charge is -2.08. The second kappa shape index (κ2) is 14.8. The Morgan fingerprint density at radius 1 is 1.05 bits per heavy atom. The first-order valence-corrected chi connectivity index (χ1v) is 8.59. The Balaban J connectivity index is 0.000000493. The maximum absolute atomic E-state index is 10.4. The molecule has 3 nitrogen and oxygen atoms in total. The Labute approximate surface area is 125 Å². The Kier molecular flexibility index (Phi) is 14.4.